The molecule has 7 heteroatoms. The smallest absolute Gasteiger partial charge is 0.280 e. The van der Waals surface area contributed by atoms with Gasteiger partial charge in [0.25, 0.3) is 5.91 Å². The number of allylic oxidation sites excluding steroid dienone is 3. The molecule has 2 heterocycles. The number of nitrogens with one attached hydrogen (secondary N) is 1. The van der Waals surface area contributed by atoms with E-state index in [1.807, 2.05) is 27.7 Å². The van der Waals surface area contributed by atoms with Gasteiger partial charge in [0.15, 0.2) is 11.5 Å². The summed E-state index contributed by atoms with van der Waals surface area (Å²) < 4.78 is 14.9. The molecular formula is C22H22Cl2FN3O. The molecule has 0 spiro atoms. The maximum atomic E-state index is 14.9. The summed E-state index contributed by atoms with van der Waals surface area (Å²) in [7, 11) is 0. The van der Waals surface area contributed by atoms with Crippen molar-refractivity contribution in [2.24, 2.45) is 0 Å². The van der Waals surface area contributed by atoms with Gasteiger partial charge in [0.1, 0.15) is 0 Å². The highest BCUT2D eigenvalue weighted by molar-refractivity contribution is 6.31. The zero-order chi connectivity index (χ0) is 21.5. The van der Waals surface area contributed by atoms with E-state index >= 15 is 0 Å². The number of rotatable bonds is 5. The van der Waals surface area contributed by atoms with Crippen LogP contribution in [0.15, 0.2) is 53.1 Å². The number of amides is 1. The fraction of sp³-hybridized carbons (Fsp3) is 0.273. The number of anilines is 1. The Labute approximate surface area is 179 Å². The monoisotopic (exact) mass is 433 g/mol. The van der Waals surface area contributed by atoms with Crippen LogP contribution in [-0.2, 0) is 0 Å². The van der Waals surface area contributed by atoms with Crippen LogP contribution in [0.3, 0.4) is 0 Å². The molecule has 2 aromatic rings. The van der Waals surface area contributed by atoms with Crippen molar-refractivity contribution in [2.45, 2.75) is 39.7 Å². The summed E-state index contributed by atoms with van der Waals surface area (Å²) in [6, 6.07) is 3.96. The normalized spacial score (nSPS) is 17.3. The van der Waals surface area contributed by atoms with Crippen molar-refractivity contribution in [3.63, 3.8) is 0 Å². The minimum Gasteiger partial charge on any atom is -0.292 e. The van der Waals surface area contributed by atoms with Crippen LogP contribution in [0.2, 0.25) is 5.02 Å². The number of carbonyl (C=O) groups is 1. The first-order chi connectivity index (χ1) is 13.7. The molecule has 4 nitrogen and oxygen atoms in total. The van der Waals surface area contributed by atoms with Gasteiger partial charge in [-0.1, -0.05) is 61.3 Å². The molecule has 152 valence electrons. The number of hydrogen-bond acceptors (Lipinski definition) is 2. The first-order valence-corrected chi connectivity index (χ1v) is 9.99. The quantitative estimate of drug-likeness (QED) is 0.534. The summed E-state index contributed by atoms with van der Waals surface area (Å²) in [6.07, 6.45) is 3.49. The molecule has 1 aromatic carbocycles. The number of fused-ring (bicyclic) bond motifs is 1. The Kier molecular flexibility index (Phi) is 6.01. The lowest BCUT2D eigenvalue weighted by atomic mass is 9.91. The van der Waals surface area contributed by atoms with Crippen LogP contribution in [0, 0.1) is 5.82 Å². The van der Waals surface area contributed by atoms with Gasteiger partial charge in [-0.3, -0.25) is 14.8 Å². The minimum atomic E-state index is -0.661. The molecule has 1 aliphatic heterocycles. The highest BCUT2D eigenvalue weighted by atomic mass is 35.5. The van der Waals surface area contributed by atoms with Gasteiger partial charge in [-0.05, 0) is 43.5 Å². The minimum absolute atomic E-state index is 0.0587. The second-order valence-corrected chi connectivity index (χ2v) is 8.10. The number of aromatic nitrogens is 2. The molecule has 1 N–H and O–H groups in total. The standard InChI is InChI=1S/C22H22Cl2FN3O/c1-6-13(23)10-14(11(2)3)21-17-19(12(4)5)26-27-20(17)22(29)28(21)16-9-7-8-15(24)18(16)25/h6-10,12,21H,2H2,1,3-5H3,(H,26,27)/b13-6+,14-10+. The fourth-order valence-corrected chi connectivity index (χ4v) is 3.78. The zero-order valence-electron chi connectivity index (χ0n) is 16.7. The molecular weight excluding hydrogens is 412 g/mol. The Hall–Kier alpha value is -2.37. The third kappa shape index (κ3) is 3.65. The molecule has 0 fully saturated rings. The lowest BCUT2D eigenvalue weighted by Crippen LogP contribution is -2.31. The van der Waals surface area contributed by atoms with Crippen LogP contribution in [0.5, 0.6) is 0 Å². The first kappa shape index (κ1) is 21.3. The number of benzene rings is 1. The molecule has 1 aromatic heterocycles. The Balaban J connectivity index is 2.33. The van der Waals surface area contributed by atoms with E-state index in [-0.39, 0.29) is 22.3 Å². The molecule has 0 saturated heterocycles. The van der Waals surface area contributed by atoms with Crippen molar-refractivity contribution in [2.75, 3.05) is 4.90 Å². The number of nitrogens with zero attached hydrogens (tertiary/aromatic N) is 2. The maximum absolute atomic E-state index is 14.9. The fourth-order valence-electron chi connectivity index (χ4n) is 3.49. The summed E-state index contributed by atoms with van der Waals surface area (Å²) in [5.74, 6) is -0.988. The van der Waals surface area contributed by atoms with E-state index in [0.29, 0.717) is 21.7 Å². The van der Waals surface area contributed by atoms with E-state index in [1.165, 1.54) is 17.0 Å². The molecule has 0 saturated carbocycles. The highest BCUT2D eigenvalue weighted by Crippen LogP contribution is 2.47. The van der Waals surface area contributed by atoms with E-state index < -0.39 is 17.8 Å². The van der Waals surface area contributed by atoms with Crippen molar-refractivity contribution in [1.29, 1.82) is 0 Å². The van der Waals surface area contributed by atoms with E-state index in [0.717, 1.165) is 5.69 Å². The second-order valence-electron chi connectivity index (χ2n) is 7.26. The summed E-state index contributed by atoms with van der Waals surface area (Å²) >= 11 is 12.3. The molecule has 1 aliphatic rings. The predicted molar refractivity (Wildman–Crippen MR) is 116 cm³/mol. The number of carbonyl (C=O) groups excluding carboxylic acids is 1. The third-order valence-corrected chi connectivity index (χ3v) is 5.53. The Morgan fingerprint density at radius 2 is 2.10 bits per heavy atom. The summed E-state index contributed by atoms with van der Waals surface area (Å²) in [5, 5.41) is 7.65. The van der Waals surface area contributed by atoms with Crippen molar-refractivity contribution in [1.82, 2.24) is 10.2 Å². The van der Waals surface area contributed by atoms with Gasteiger partial charge in [0.2, 0.25) is 0 Å². The van der Waals surface area contributed by atoms with Crippen LogP contribution in [0.1, 0.15) is 61.4 Å². The van der Waals surface area contributed by atoms with Crippen molar-refractivity contribution >= 4 is 34.8 Å². The molecule has 0 aliphatic carbocycles. The van der Waals surface area contributed by atoms with Gasteiger partial charge in [-0.15, -0.1) is 0 Å². The predicted octanol–water partition coefficient (Wildman–Crippen LogP) is 6.67. The summed E-state index contributed by atoms with van der Waals surface area (Å²) in [5.41, 5.74) is 3.28. The van der Waals surface area contributed by atoms with Gasteiger partial charge in [-0.2, -0.15) is 5.10 Å². The molecule has 3 rings (SSSR count). The van der Waals surface area contributed by atoms with E-state index in [9.17, 15) is 9.18 Å². The lowest BCUT2D eigenvalue weighted by molar-refractivity contribution is 0.0987. The van der Waals surface area contributed by atoms with Crippen LogP contribution in [0.25, 0.3) is 0 Å². The van der Waals surface area contributed by atoms with Crippen LogP contribution < -0.4 is 4.90 Å². The molecule has 1 unspecified atom stereocenters. The number of halogens is 3. The van der Waals surface area contributed by atoms with Gasteiger partial charge in [0.05, 0.1) is 16.8 Å². The molecule has 1 amide bonds. The van der Waals surface area contributed by atoms with E-state index in [2.05, 4.69) is 16.8 Å². The van der Waals surface area contributed by atoms with Crippen molar-refractivity contribution in [3.05, 3.63) is 80.9 Å². The van der Waals surface area contributed by atoms with Gasteiger partial charge >= 0.3 is 0 Å². The largest absolute Gasteiger partial charge is 0.292 e. The Morgan fingerprint density at radius 1 is 1.41 bits per heavy atom. The third-order valence-electron chi connectivity index (χ3n) is 4.91. The van der Waals surface area contributed by atoms with Crippen LogP contribution in [-0.4, -0.2) is 16.1 Å². The second kappa shape index (κ2) is 8.17. The van der Waals surface area contributed by atoms with E-state index in [4.69, 9.17) is 23.2 Å². The van der Waals surface area contributed by atoms with Gasteiger partial charge in [-0.25, -0.2) is 4.39 Å². The maximum Gasteiger partial charge on any atom is 0.280 e. The van der Waals surface area contributed by atoms with Crippen LogP contribution in [0.4, 0.5) is 10.1 Å². The first-order valence-electron chi connectivity index (χ1n) is 9.24. The summed E-state index contributed by atoms with van der Waals surface area (Å²) in [4.78, 5) is 14.7. The molecule has 1 atom stereocenters. The SMILES string of the molecule is C=C(C)/C(=C\C(Cl)=C/C)C1c2c(n[nH]c2C(C)C)C(=O)N1c1cccc(Cl)c1F. The Bertz CT molecular complexity index is 1050. The number of hydrogen-bond donors (Lipinski definition) is 1. The number of H-pyrrole nitrogens is 1. The zero-order valence-corrected chi connectivity index (χ0v) is 18.2. The molecule has 0 bridgehead atoms. The molecule has 29 heavy (non-hydrogen) atoms. The highest BCUT2D eigenvalue weighted by Gasteiger charge is 2.45. The van der Waals surface area contributed by atoms with Crippen molar-refractivity contribution < 1.29 is 9.18 Å². The Morgan fingerprint density at radius 3 is 2.69 bits per heavy atom. The molecule has 0 radical (unpaired) electrons. The summed E-state index contributed by atoms with van der Waals surface area (Å²) in [6.45, 7) is 11.7. The van der Waals surface area contributed by atoms with Gasteiger partial charge in [0, 0.05) is 16.3 Å². The topological polar surface area (TPSA) is 49.0 Å². The average molecular weight is 434 g/mol. The average Bonchev–Trinajstić information content (AvgIpc) is 3.21. The van der Waals surface area contributed by atoms with E-state index in [1.54, 1.807) is 18.2 Å². The number of aromatic amines is 1. The van der Waals surface area contributed by atoms with Crippen LogP contribution >= 0.6 is 23.2 Å². The van der Waals surface area contributed by atoms with Crippen molar-refractivity contribution in [3.8, 4) is 0 Å². The lowest BCUT2D eigenvalue weighted by Gasteiger charge is -2.29. The van der Waals surface area contributed by atoms with Gasteiger partial charge < -0.3 is 0 Å².